The number of nitrogens with zero attached hydrogens (tertiary/aromatic N) is 2. The predicted octanol–water partition coefficient (Wildman–Crippen LogP) is 5.84. The molecule has 0 aliphatic carbocycles. The molecule has 0 atom stereocenters. The number of benzene rings is 3. The fourth-order valence-corrected chi connectivity index (χ4v) is 5.94. The number of carbonyl (C=O) groups is 3. The van der Waals surface area contributed by atoms with Gasteiger partial charge in [0.1, 0.15) is 11.5 Å². The Labute approximate surface area is 341 Å². The minimum Gasteiger partial charge on any atom is -0.383 e. The first-order chi connectivity index (χ1) is 28.3. The van der Waals surface area contributed by atoms with E-state index in [-0.39, 0.29) is 50.8 Å². The van der Waals surface area contributed by atoms with Gasteiger partial charge in [0.2, 0.25) is 5.91 Å². The summed E-state index contributed by atoms with van der Waals surface area (Å²) in [4.78, 5) is 57.1. The molecule has 0 unspecified atom stereocenters. The largest absolute Gasteiger partial charge is 0.383 e. The monoisotopic (exact) mass is 846 g/mol. The van der Waals surface area contributed by atoms with Crippen LogP contribution in [0.3, 0.4) is 0 Å². The van der Waals surface area contributed by atoms with Crippen LogP contribution in [0.1, 0.15) is 45.3 Å². The third-order valence-electron chi connectivity index (χ3n) is 7.96. The number of aromatic nitrogens is 1. The molecule has 0 spiro atoms. The van der Waals surface area contributed by atoms with E-state index in [9.17, 15) is 37.7 Å². The van der Waals surface area contributed by atoms with Crippen molar-refractivity contribution in [2.45, 2.75) is 27.2 Å². The van der Waals surface area contributed by atoms with Crippen molar-refractivity contribution in [3.05, 3.63) is 98.5 Å². The highest BCUT2D eigenvalue weighted by molar-refractivity contribution is 7.19. The summed E-state index contributed by atoms with van der Waals surface area (Å²) in [6.45, 7) is 8.37. The summed E-state index contributed by atoms with van der Waals surface area (Å²) in [6, 6.07) is 10.8. The summed E-state index contributed by atoms with van der Waals surface area (Å²) in [6.07, 6.45) is 0.519. The van der Waals surface area contributed by atoms with Crippen LogP contribution in [0, 0.1) is 41.4 Å². The molecule has 17 nitrogen and oxygen atoms in total. The van der Waals surface area contributed by atoms with Crippen molar-refractivity contribution in [3.8, 4) is 0 Å². The Kier molecular flexibility index (Phi) is 18.4. The van der Waals surface area contributed by atoms with Crippen molar-refractivity contribution >= 4 is 61.9 Å². The lowest BCUT2D eigenvalue weighted by Crippen LogP contribution is -2.27. The van der Waals surface area contributed by atoms with E-state index in [1.54, 1.807) is 25.1 Å². The number of hydrogen-bond donors (Lipinski definition) is 6. The predicted molar refractivity (Wildman–Crippen MR) is 215 cm³/mol. The lowest BCUT2D eigenvalue weighted by atomic mass is 10.1. The van der Waals surface area contributed by atoms with Crippen LogP contribution in [-0.2, 0) is 23.8 Å². The summed E-state index contributed by atoms with van der Waals surface area (Å²) in [5.74, 6) is -5.03. The molecule has 0 saturated heterocycles. The molecule has 21 heteroatoms. The Hall–Kier alpha value is -5.71. The molecule has 1 heterocycles. The van der Waals surface area contributed by atoms with Crippen molar-refractivity contribution in [1.82, 2.24) is 15.8 Å². The quantitative estimate of drug-likeness (QED) is 0.0263. The van der Waals surface area contributed by atoms with Crippen LogP contribution in [0.5, 0.6) is 0 Å². The molecule has 318 valence electrons. The summed E-state index contributed by atoms with van der Waals surface area (Å²) in [5, 5.41) is 25.0. The van der Waals surface area contributed by atoms with Crippen LogP contribution in [0.25, 0.3) is 0 Å². The molecule has 0 bridgehead atoms. The topological polar surface area (TPSA) is 216 Å². The lowest BCUT2D eigenvalue weighted by molar-refractivity contribution is -0.380. The van der Waals surface area contributed by atoms with Crippen molar-refractivity contribution in [3.63, 3.8) is 0 Å². The normalized spacial score (nSPS) is 10.9. The van der Waals surface area contributed by atoms with Gasteiger partial charge in [-0.05, 0) is 86.2 Å². The zero-order valence-electron chi connectivity index (χ0n) is 32.5. The third kappa shape index (κ3) is 14.9. The molecule has 6 N–H and O–H groups in total. The Balaban J connectivity index is 1.00. The smallest absolute Gasteiger partial charge is 0.348 e. The highest BCUT2D eigenvalue weighted by atomic mass is 32.1. The average molecular weight is 847 g/mol. The summed E-state index contributed by atoms with van der Waals surface area (Å²) in [7, 11) is 0. The molecule has 3 aromatic carbocycles. The first kappa shape index (κ1) is 46.0. The highest BCUT2D eigenvalue weighted by Crippen LogP contribution is 2.31. The van der Waals surface area contributed by atoms with E-state index in [4.69, 9.17) is 19.0 Å². The van der Waals surface area contributed by atoms with E-state index in [0.717, 1.165) is 23.5 Å². The van der Waals surface area contributed by atoms with E-state index in [1.165, 1.54) is 32.0 Å². The number of hydrogen-bond acceptors (Lipinski definition) is 14. The van der Waals surface area contributed by atoms with Crippen molar-refractivity contribution < 1.29 is 51.5 Å². The van der Waals surface area contributed by atoms with Crippen LogP contribution < -0.4 is 32.1 Å². The zero-order valence-corrected chi connectivity index (χ0v) is 33.3. The number of carbonyl (C=O) groups excluding carboxylic acids is 3. The molecule has 0 saturated carbocycles. The number of amides is 3. The molecule has 4 aromatic rings. The number of rotatable bonds is 25. The number of nitro groups is 1. The number of anilines is 5. The zero-order chi connectivity index (χ0) is 42.7. The second kappa shape index (κ2) is 23.6. The van der Waals surface area contributed by atoms with Gasteiger partial charge >= 0.3 is 5.00 Å². The highest BCUT2D eigenvalue weighted by Gasteiger charge is 2.22. The second-order valence-electron chi connectivity index (χ2n) is 12.6. The van der Waals surface area contributed by atoms with Gasteiger partial charge in [-0.25, -0.2) is 23.6 Å². The van der Waals surface area contributed by atoms with Crippen molar-refractivity contribution in [2.24, 2.45) is 0 Å². The maximum Gasteiger partial charge on any atom is 0.348 e. The van der Waals surface area contributed by atoms with Crippen molar-refractivity contribution in [2.75, 3.05) is 87.1 Å². The Morgan fingerprint density at radius 3 is 2.15 bits per heavy atom. The molecule has 0 fully saturated rings. The van der Waals surface area contributed by atoms with Crippen LogP contribution >= 0.6 is 11.3 Å². The van der Waals surface area contributed by atoms with Gasteiger partial charge in [0.15, 0.2) is 16.8 Å². The fourth-order valence-electron chi connectivity index (χ4n) is 5.16. The number of ether oxygens (including phenoxy) is 3. The van der Waals surface area contributed by atoms with Gasteiger partial charge in [-0.15, -0.1) is 0 Å². The minimum atomic E-state index is -1.33. The molecule has 0 aliphatic rings. The average Bonchev–Trinajstić information content (AvgIpc) is 3.56. The SMILES string of the molecule is CC(=O)Nc1cc(NCCOCCOCCOCCNCCCONC(=O)c2ccc(F)c(F)c2Nc2ccc(C)cc2F)ccc1C(=O)Nc1nc(C)c([N+](=O)[O-])s1. The number of aryl methyl sites for hydroxylation is 2. The van der Waals surface area contributed by atoms with Gasteiger partial charge in [0.25, 0.3) is 11.8 Å². The molecule has 0 aliphatic heterocycles. The van der Waals surface area contributed by atoms with E-state index >= 15 is 0 Å². The van der Waals surface area contributed by atoms with Crippen LogP contribution in [0.4, 0.5) is 46.1 Å². The van der Waals surface area contributed by atoms with E-state index in [0.29, 0.717) is 76.9 Å². The summed E-state index contributed by atoms with van der Waals surface area (Å²) < 4.78 is 59.5. The number of hydroxylamine groups is 1. The van der Waals surface area contributed by atoms with Crippen LogP contribution in [-0.4, -0.2) is 93.5 Å². The van der Waals surface area contributed by atoms with E-state index < -0.39 is 39.9 Å². The van der Waals surface area contributed by atoms with Gasteiger partial charge in [0.05, 0.1) is 79.4 Å². The first-order valence-corrected chi connectivity index (χ1v) is 19.1. The minimum absolute atomic E-state index is 0.0667. The molecule has 1 aromatic heterocycles. The molecule has 59 heavy (non-hydrogen) atoms. The number of thiazole rings is 1. The summed E-state index contributed by atoms with van der Waals surface area (Å²) in [5.41, 5.74) is 3.13. The first-order valence-electron chi connectivity index (χ1n) is 18.3. The molecule has 4 rings (SSSR count). The number of halogens is 3. The molecule has 0 radical (unpaired) electrons. The molecular formula is C38H45F3N8O9S. The van der Waals surface area contributed by atoms with Gasteiger partial charge in [-0.1, -0.05) is 6.07 Å². The van der Waals surface area contributed by atoms with Gasteiger partial charge in [0, 0.05) is 25.7 Å². The van der Waals surface area contributed by atoms with Crippen LogP contribution in [0.15, 0.2) is 48.5 Å². The Morgan fingerprint density at radius 2 is 1.47 bits per heavy atom. The number of nitrogens with one attached hydrogen (secondary N) is 6. The van der Waals surface area contributed by atoms with Crippen molar-refractivity contribution in [1.29, 1.82) is 0 Å². The van der Waals surface area contributed by atoms with E-state index in [2.05, 4.69) is 37.0 Å². The lowest BCUT2D eigenvalue weighted by Gasteiger charge is -2.14. The maximum absolute atomic E-state index is 14.6. The Bertz CT molecular complexity index is 2070. The third-order valence-corrected chi connectivity index (χ3v) is 8.99. The Morgan fingerprint density at radius 1 is 0.780 bits per heavy atom. The van der Waals surface area contributed by atoms with Gasteiger partial charge in [-0.3, -0.25) is 34.7 Å². The van der Waals surface area contributed by atoms with E-state index in [1.807, 2.05) is 0 Å². The van der Waals surface area contributed by atoms with Gasteiger partial charge < -0.3 is 35.5 Å². The van der Waals surface area contributed by atoms with Crippen LogP contribution in [0.2, 0.25) is 0 Å². The van der Waals surface area contributed by atoms with Gasteiger partial charge in [-0.2, -0.15) is 0 Å². The fraction of sp³-hybridized carbons (Fsp3) is 0.368. The second-order valence-corrected chi connectivity index (χ2v) is 13.6. The summed E-state index contributed by atoms with van der Waals surface area (Å²) >= 11 is 0.739. The molecule has 3 amide bonds. The molecular weight excluding hydrogens is 802 g/mol. The standard InChI is InChI=1S/C38H45F3N8O9S/c1-23-5-10-31(30(40)21-23)46-34-28(8-9-29(39)33(34)41)36(52)48-58-14-4-11-42-12-15-55-17-19-57-20-18-56-16-13-43-26-6-7-27(32(22-26)45-25(3)50)35(51)47-38-44-24(2)37(59-38)49(53)54/h5-10,21-22,42-43,46H,4,11-20H2,1-3H3,(H,45,50)(H,48,52)(H,44,47,51). The maximum atomic E-state index is 14.6.